The molecule has 0 saturated heterocycles. The Morgan fingerprint density at radius 2 is 1.53 bits per heavy atom. The largest absolute Gasteiger partial charge is 0.381 e. The minimum Gasteiger partial charge on any atom is -0.381 e. The molecular formula is C15H16ClN. The fourth-order valence-corrected chi connectivity index (χ4v) is 2.01. The Labute approximate surface area is 107 Å². The van der Waals surface area contributed by atoms with Crippen molar-refractivity contribution in [3.05, 3.63) is 64.2 Å². The number of hydrogen-bond donors (Lipinski definition) is 1. The third-order valence-electron chi connectivity index (χ3n) is 2.86. The fourth-order valence-electron chi connectivity index (χ4n) is 1.89. The Bertz CT molecular complexity index is 483. The van der Waals surface area contributed by atoms with Crippen LogP contribution in [0.2, 0.25) is 5.02 Å². The Kier molecular flexibility index (Phi) is 3.70. The van der Waals surface area contributed by atoms with Crippen molar-refractivity contribution in [1.82, 2.24) is 0 Å². The number of benzene rings is 2. The monoisotopic (exact) mass is 245 g/mol. The van der Waals surface area contributed by atoms with Crippen molar-refractivity contribution >= 4 is 17.3 Å². The molecule has 1 N–H and O–H groups in total. The highest BCUT2D eigenvalue weighted by molar-refractivity contribution is 6.30. The molecule has 0 unspecified atom stereocenters. The standard InChI is InChI=1S/C15H16ClN/c1-11-4-3-5-12(2)15(11)17-10-13-6-8-14(16)9-7-13/h3-9,17H,10H2,1-2H3. The van der Waals surface area contributed by atoms with Crippen molar-refractivity contribution in [1.29, 1.82) is 0 Å². The van der Waals surface area contributed by atoms with Crippen LogP contribution in [0.5, 0.6) is 0 Å². The quantitative estimate of drug-likeness (QED) is 0.835. The molecule has 0 bridgehead atoms. The maximum absolute atomic E-state index is 5.86. The van der Waals surface area contributed by atoms with E-state index < -0.39 is 0 Å². The van der Waals surface area contributed by atoms with Gasteiger partial charge in [0.2, 0.25) is 0 Å². The maximum atomic E-state index is 5.86. The first-order valence-electron chi connectivity index (χ1n) is 5.71. The van der Waals surface area contributed by atoms with Crippen LogP contribution in [0.1, 0.15) is 16.7 Å². The molecule has 0 amide bonds. The van der Waals surface area contributed by atoms with Gasteiger partial charge in [0.05, 0.1) is 0 Å². The third kappa shape index (κ3) is 3.01. The summed E-state index contributed by atoms with van der Waals surface area (Å²) in [5.41, 5.74) is 5.01. The third-order valence-corrected chi connectivity index (χ3v) is 3.12. The molecule has 88 valence electrons. The van der Waals surface area contributed by atoms with Crippen molar-refractivity contribution in [3.8, 4) is 0 Å². The number of aryl methyl sites for hydroxylation is 2. The molecule has 0 fully saturated rings. The van der Waals surface area contributed by atoms with E-state index in [0.717, 1.165) is 11.6 Å². The van der Waals surface area contributed by atoms with Gasteiger partial charge < -0.3 is 5.32 Å². The van der Waals surface area contributed by atoms with Crippen molar-refractivity contribution in [2.24, 2.45) is 0 Å². The molecule has 0 aliphatic heterocycles. The van der Waals surface area contributed by atoms with Gasteiger partial charge in [-0.2, -0.15) is 0 Å². The zero-order valence-electron chi connectivity index (χ0n) is 10.1. The van der Waals surface area contributed by atoms with E-state index in [9.17, 15) is 0 Å². The van der Waals surface area contributed by atoms with Crippen LogP contribution < -0.4 is 5.32 Å². The van der Waals surface area contributed by atoms with Gasteiger partial charge >= 0.3 is 0 Å². The molecular weight excluding hydrogens is 230 g/mol. The molecule has 0 saturated carbocycles. The second-order valence-electron chi connectivity index (χ2n) is 4.25. The summed E-state index contributed by atoms with van der Waals surface area (Å²) in [6, 6.07) is 14.3. The molecule has 0 heterocycles. The Hall–Kier alpha value is -1.47. The first kappa shape index (κ1) is 12.0. The molecule has 0 aromatic heterocycles. The van der Waals surface area contributed by atoms with Crippen LogP contribution in [0.15, 0.2) is 42.5 Å². The topological polar surface area (TPSA) is 12.0 Å². The number of halogens is 1. The van der Waals surface area contributed by atoms with E-state index in [4.69, 9.17) is 11.6 Å². The van der Waals surface area contributed by atoms with Gasteiger partial charge in [0.25, 0.3) is 0 Å². The van der Waals surface area contributed by atoms with Crippen LogP contribution in [0, 0.1) is 13.8 Å². The van der Waals surface area contributed by atoms with Crippen molar-refractivity contribution < 1.29 is 0 Å². The SMILES string of the molecule is Cc1cccc(C)c1NCc1ccc(Cl)cc1. The lowest BCUT2D eigenvalue weighted by Crippen LogP contribution is -2.02. The summed E-state index contributed by atoms with van der Waals surface area (Å²) in [6.45, 7) is 5.07. The highest BCUT2D eigenvalue weighted by Gasteiger charge is 2.01. The number of rotatable bonds is 3. The smallest absolute Gasteiger partial charge is 0.0406 e. The minimum atomic E-state index is 0.779. The average molecular weight is 246 g/mol. The van der Waals surface area contributed by atoms with Crippen LogP contribution in [-0.4, -0.2) is 0 Å². The van der Waals surface area contributed by atoms with Gasteiger partial charge in [-0.15, -0.1) is 0 Å². The number of para-hydroxylation sites is 1. The first-order valence-corrected chi connectivity index (χ1v) is 6.09. The average Bonchev–Trinajstić information content (AvgIpc) is 2.31. The van der Waals surface area contributed by atoms with E-state index in [0.29, 0.717) is 0 Å². The zero-order valence-corrected chi connectivity index (χ0v) is 10.9. The number of anilines is 1. The van der Waals surface area contributed by atoms with Crippen LogP contribution in [0.4, 0.5) is 5.69 Å². The molecule has 0 spiro atoms. The molecule has 2 heteroatoms. The summed E-state index contributed by atoms with van der Waals surface area (Å²) < 4.78 is 0. The second kappa shape index (κ2) is 5.24. The highest BCUT2D eigenvalue weighted by atomic mass is 35.5. The van der Waals surface area contributed by atoms with Crippen molar-refractivity contribution in [2.45, 2.75) is 20.4 Å². The first-order chi connectivity index (χ1) is 8.16. The van der Waals surface area contributed by atoms with E-state index in [2.05, 4.69) is 37.4 Å². The Balaban J connectivity index is 2.10. The van der Waals surface area contributed by atoms with Gasteiger partial charge in [0, 0.05) is 17.3 Å². The Morgan fingerprint density at radius 1 is 0.941 bits per heavy atom. The molecule has 2 rings (SSSR count). The zero-order chi connectivity index (χ0) is 12.3. The van der Waals surface area contributed by atoms with Gasteiger partial charge in [0.15, 0.2) is 0 Å². The fraction of sp³-hybridized carbons (Fsp3) is 0.200. The molecule has 0 aliphatic carbocycles. The van der Waals surface area contributed by atoms with E-state index in [-0.39, 0.29) is 0 Å². The molecule has 0 aliphatic rings. The normalized spacial score (nSPS) is 10.3. The molecule has 1 nitrogen and oxygen atoms in total. The number of nitrogens with one attached hydrogen (secondary N) is 1. The minimum absolute atomic E-state index is 0.779. The summed E-state index contributed by atoms with van der Waals surface area (Å²) in [6.07, 6.45) is 0. The molecule has 0 radical (unpaired) electrons. The molecule has 2 aromatic carbocycles. The van der Waals surface area contributed by atoms with Gasteiger partial charge in [-0.3, -0.25) is 0 Å². The summed E-state index contributed by atoms with van der Waals surface area (Å²) in [5.74, 6) is 0. The van der Waals surface area contributed by atoms with Gasteiger partial charge in [0.1, 0.15) is 0 Å². The predicted octanol–water partition coefficient (Wildman–Crippen LogP) is 4.57. The molecule has 0 atom stereocenters. The van der Waals surface area contributed by atoms with E-state index in [1.54, 1.807) is 0 Å². The summed E-state index contributed by atoms with van der Waals surface area (Å²) >= 11 is 5.86. The van der Waals surface area contributed by atoms with Crippen LogP contribution in [0.25, 0.3) is 0 Å². The summed E-state index contributed by atoms with van der Waals surface area (Å²) in [5, 5.41) is 4.25. The van der Waals surface area contributed by atoms with Gasteiger partial charge in [-0.05, 0) is 42.7 Å². The number of hydrogen-bond acceptors (Lipinski definition) is 1. The molecule has 2 aromatic rings. The Morgan fingerprint density at radius 3 is 2.12 bits per heavy atom. The lowest BCUT2D eigenvalue weighted by Gasteiger charge is -2.12. The van der Waals surface area contributed by atoms with Crippen LogP contribution in [-0.2, 0) is 6.54 Å². The van der Waals surface area contributed by atoms with Crippen molar-refractivity contribution in [3.63, 3.8) is 0 Å². The van der Waals surface area contributed by atoms with Gasteiger partial charge in [-0.25, -0.2) is 0 Å². The van der Waals surface area contributed by atoms with Gasteiger partial charge in [-0.1, -0.05) is 41.9 Å². The lowest BCUT2D eigenvalue weighted by molar-refractivity contribution is 1.13. The highest BCUT2D eigenvalue weighted by Crippen LogP contribution is 2.20. The van der Waals surface area contributed by atoms with Crippen LogP contribution >= 0.6 is 11.6 Å². The van der Waals surface area contributed by atoms with Crippen LogP contribution in [0.3, 0.4) is 0 Å². The van der Waals surface area contributed by atoms with Crippen molar-refractivity contribution in [2.75, 3.05) is 5.32 Å². The van der Waals surface area contributed by atoms with E-state index in [1.807, 2.05) is 24.3 Å². The maximum Gasteiger partial charge on any atom is 0.0406 e. The summed E-state index contributed by atoms with van der Waals surface area (Å²) in [4.78, 5) is 0. The van der Waals surface area contributed by atoms with E-state index in [1.165, 1.54) is 22.4 Å². The lowest BCUT2D eigenvalue weighted by atomic mass is 10.1. The summed E-state index contributed by atoms with van der Waals surface area (Å²) in [7, 11) is 0. The molecule has 17 heavy (non-hydrogen) atoms. The predicted molar refractivity (Wildman–Crippen MR) is 74.7 cm³/mol. The second-order valence-corrected chi connectivity index (χ2v) is 4.68. The van der Waals surface area contributed by atoms with E-state index >= 15 is 0 Å².